The highest BCUT2D eigenvalue weighted by Crippen LogP contribution is 2.38. The fourth-order valence-corrected chi connectivity index (χ4v) is 4.42. The Balaban J connectivity index is 1.79. The van der Waals surface area contributed by atoms with Gasteiger partial charge in [-0.25, -0.2) is 19.9 Å². The highest BCUT2D eigenvalue weighted by Gasteiger charge is 2.37. The molecule has 0 unspecified atom stereocenters. The molecule has 0 amide bonds. The summed E-state index contributed by atoms with van der Waals surface area (Å²) < 4.78 is 135. The molecule has 4 aromatic rings. The number of hydrogen-bond acceptors (Lipinski definition) is 9. The maximum Gasteiger partial charge on any atom is 0.416 e. The molecule has 10 nitrogen and oxygen atoms in total. The lowest BCUT2D eigenvalue weighted by Crippen LogP contribution is -2.25. The second-order valence-electron chi connectivity index (χ2n) is 10.9. The molecule has 0 atom stereocenters. The monoisotopic (exact) mass is 718 g/mol. The maximum atomic E-state index is 13.8. The van der Waals surface area contributed by atoms with Gasteiger partial charge < -0.3 is 24.4 Å². The van der Waals surface area contributed by atoms with Crippen LogP contribution in [0.5, 0.6) is 17.4 Å². The molecule has 0 radical (unpaired) electrons. The lowest BCUT2D eigenvalue weighted by atomic mass is 10.0. The number of rotatable bonds is 13. The van der Waals surface area contributed by atoms with Crippen molar-refractivity contribution in [2.45, 2.75) is 44.5 Å². The summed E-state index contributed by atoms with van der Waals surface area (Å²) in [5.74, 6) is -1.20. The van der Waals surface area contributed by atoms with Gasteiger partial charge in [-0.3, -0.25) is 4.79 Å². The molecule has 2 aromatic carbocycles. The minimum Gasteiger partial charge on any atom is -0.490 e. The van der Waals surface area contributed by atoms with Crippen LogP contribution >= 0.6 is 0 Å². The number of hydrogen-bond donors (Lipinski definition) is 1. The summed E-state index contributed by atoms with van der Waals surface area (Å²) in [6, 6.07) is 4.73. The molecule has 0 saturated carbocycles. The normalized spacial score (nSPS) is 12.1. The van der Waals surface area contributed by atoms with Crippen LogP contribution in [0.1, 0.15) is 40.7 Å². The molecule has 268 valence electrons. The van der Waals surface area contributed by atoms with E-state index >= 15 is 0 Å². The van der Waals surface area contributed by atoms with Gasteiger partial charge in [-0.05, 0) is 48.4 Å². The van der Waals surface area contributed by atoms with Crippen LogP contribution in [-0.2, 0) is 36.4 Å². The first-order valence-electron chi connectivity index (χ1n) is 14.4. The molecule has 2 heterocycles. The summed E-state index contributed by atoms with van der Waals surface area (Å²) in [6.07, 6.45) is -11.9. The second-order valence-corrected chi connectivity index (χ2v) is 10.9. The Morgan fingerprint density at radius 2 is 1.40 bits per heavy atom. The van der Waals surface area contributed by atoms with Crippen molar-refractivity contribution in [3.8, 4) is 17.4 Å². The number of alkyl halides is 9. The molecule has 19 heteroatoms. The van der Waals surface area contributed by atoms with E-state index in [1.54, 1.807) is 19.0 Å². The summed E-state index contributed by atoms with van der Waals surface area (Å²) in [5, 5.41) is 8.78. The zero-order valence-electron chi connectivity index (χ0n) is 26.1. The molecule has 50 heavy (non-hydrogen) atoms. The van der Waals surface area contributed by atoms with Crippen LogP contribution in [0.3, 0.4) is 0 Å². The van der Waals surface area contributed by atoms with Gasteiger partial charge in [0.05, 0.1) is 35.7 Å². The summed E-state index contributed by atoms with van der Waals surface area (Å²) in [7, 11) is 3.33. The summed E-state index contributed by atoms with van der Waals surface area (Å²) in [6.45, 7) is -1.40. The van der Waals surface area contributed by atoms with Gasteiger partial charge in [0.15, 0.2) is 5.75 Å². The Hall–Kier alpha value is -5.36. The quantitative estimate of drug-likeness (QED) is 0.109. The van der Waals surface area contributed by atoms with Crippen molar-refractivity contribution in [2.24, 2.45) is 0 Å². The first-order chi connectivity index (χ1) is 23.3. The predicted molar refractivity (Wildman–Crippen MR) is 159 cm³/mol. The Morgan fingerprint density at radius 3 is 1.96 bits per heavy atom. The number of halogens is 9. The molecule has 2 aromatic heterocycles. The highest BCUT2D eigenvalue weighted by atomic mass is 19.4. The van der Waals surface area contributed by atoms with E-state index in [1.807, 2.05) is 0 Å². The number of benzene rings is 2. The average molecular weight is 719 g/mol. The van der Waals surface area contributed by atoms with Crippen LogP contribution in [-0.4, -0.2) is 51.7 Å². The standard InChI is InChI=1S/C31H27F9N6O4/c1-45(2)25-12-26(44-17-43-25)50-24-6-5-20(29(32,33)34)10-19(24)16-46(28-41-13-23(14-42-28)49-7-3-4-27(47)48)15-18-8-21(30(35,36)37)11-22(9-18)31(38,39)40/h5-6,8-14,17H,3-4,7,15-16H2,1-2H3,(H,47,48). The second kappa shape index (κ2) is 15.0. The Bertz CT molecular complexity index is 1750. The third-order valence-corrected chi connectivity index (χ3v) is 6.77. The fraction of sp³-hybridized carbons (Fsp3) is 0.323. The zero-order valence-corrected chi connectivity index (χ0v) is 26.1. The third-order valence-electron chi connectivity index (χ3n) is 6.77. The van der Waals surface area contributed by atoms with Crippen molar-refractivity contribution in [3.05, 3.63) is 89.0 Å². The number of carboxylic acid groups (broad SMARTS) is 1. The molecule has 0 saturated heterocycles. The lowest BCUT2D eigenvalue weighted by molar-refractivity contribution is -0.143. The number of anilines is 2. The zero-order chi connectivity index (χ0) is 36.9. The summed E-state index contributed by atoms with van der Waals surface area (Å²) in [5.41, 5.74) is -5.04. The number of ether oxygens (including phenoxy) is 2. The van der Waals surface area contributed by atoms with Crippen molar-refractivity contribution in [1.82, 2.24) is 19.9 Å². The topological polar surface area (TPSA) is 114 Å². The molecule has 0 aliphatic carbocycles. The van der Waals surface area contributed by atoms with Crippen LogP contribution < -0.4 is 19.3 Å². The van der Waals surface area contributed by atoms with Crippen LogP contribution in [0.25, 0.3) is 0 Å². The van der Waals surface area contributed by atoms with Gasteiger partial charge in [0.25, 0.3) is 0 Å². The molecule has 0 spiro atoms. The smallest absolute Gasteiger partial charge is 0.416 e. The van der Waals surface area contributed by atoms with Crippen LogP contribution in [0, 0.1) is 0 Å². The lowest BCUT2D eigenvalue weighted by Gasteiger charge is -2.25. The number of carboxylic acids is 1. The van der Waals surface area contributed by atoms with Crippen LogP contribution in [0.2, 0.25) is 0 Å². The molecule has 4 rings (SSSR count). The van der Waals surface area contributed by atoms with Gasteiger partial charge in [0.2, 0.25) is 11.8 Å². The fourth-order valence-electron chi connectivity index (χ4n) is 4.42. The van der Waals surface area contributed by atoms with Gasteiger partial charge >= 0.3 is 24.5 Å². The van der Waals surface area contributed by atoms with Gasteiger partial charge in [-0.1, -0.05) is 0 Å². The molecule has 0 aliphatic rings. The number of carbonyl (C=O) groups is 1. The van der Waals surface area contributed by atoms with E-state index < -0.39 is 59.8 Å². The van der Waals surface area contributed by atoms with E-state index in [2.05, 4.69) is 19.9 Å². The Labute approximate surface area is 278 Å². The first kappa shape index (κ1) is 37.5. The highest BCUT2D eigenvalue weighted by molar-refractivity contribution is 5.66. The van der Waals surface area contributed by atoms with Crippen molar-refractivity contribution < 1.29 is 58.9 Å². The van der Waals surface area contributed by atoms with Crippen molar-refractivity contribution in [1.29, 1.82) is 0 Å². The van der Waals surface area contributed by atoms with E-state index in [1.165, 1.54) is 6.07 Å². The van der Waals surface area contributed by atoms with Gasteiger partial charge in [0, 0.05) is 45.2 Å². The van der Waals surface area contributed by atoms with Gasteiger partial charge in [0.1, 0.15) is 17.9 Å². The molecular formula is C31H27F9N6O4. The molecule has 0 bridgehead atoms. The number of nitrogens with zero attached hydrogens (tertiary/aromatic N) is 6. The van der Waals surface area contributed by atoms with Crippen molar-refractivity contribution in [3.63, 3.8) is 0 Å². The molecule has 0 fully saturated rings. The summed E-state index contributed by atoms with van der Waals surface area (Å²) in [4.78, 5) is 29.6. The molecule has 0 aliphatic heterocycles. The van der Waals surface area contributed by atoms with Gasteiger partial charge in [-0.2, -0.15) is 39.5 Å². The van der Waals surface area contributed by atoms with E-state index in [0.29, 0.717) is 24.0 Å². The molecular weight excluding hydrogens is 691 g/mol. The molecule has 1 N–H and O–H groups in total. The van der Waals surface area contributed by atoms with Crippen molar-refractivity contribution >= 4 is 17.7 Å². The van der Waals surface area contributed by atoms with Gasteiger partial charge in [-0.15, -0.1) is 0 Å². The predicted octanol–water partition coefficient (Wildman–Crippen LogP) is 7.63. The first-order valence-corrected chi connectivity index (χ1v) is 14.4. The minimum absolute atomic E-state index is 0.0427. The van der Waals surface area contributed by atoms with E-state index in [-0.39, 0.29) is 54.4 Å². The number of aliphatic carboxylic acids is 1. The van der Waals surface area contributed by atoms with E-state index in [0.717, 1.165) is 35.8 Å². The summed E-state index contributed by atoms with van der Waals surface area (Å²) >= 11 is 0. The Morgan fingerprint density at radius 1 is 0.780 bits per heavy atom. The average Bonchev–Trinajstić information content (AvgIpc) is 3.02. The van der Waals surface area contributed by atoms with E-state index in [9.17, 15) is 44.3 Å². The number of aromatic nitrogens is 4. The third kappa shape index (κ3) is 10.3. The maximum absolute atomic E-state index is 13.8. The minimum atomic E-state index is -5.16. The van der Waals surface area contributed by atoms with Crippen molar-refractivity contribution in [2.75, 3.05) is 30.5 Å². The van der Waals surface area contributed by atoms with Crippen LogP contribution in [0.15, 0.2) is 61.2 Å². The van der Waals surface area contributed by atoms with Crippen LogP contribution in [0.4, 0.5) is 51.3 Å². The Kier molecular flexibility index (Phi) is 11.3. The largest absolute Gasteiger partial charge is 0.490 e. The van der Waals surface area contributed by atoms with E-state index in [4.69, 9.17) is 14.6 Å². The SMILES string of the molecule is CN(C)c1cc(Oc2ccc(C(F)(F)F)cc2CN(Cc2cc(C(F)(F)F)cc(C(F)(F)F)c2)c2ncc(OCCCC(=O)O)cn2)ncn1.